The summed E-state index contributed by atoms with van der Waals surface area (Å²) in [5, 5.41) is 2.52. The number of hydrogen-bond acceptors (Lipinski definition) is 5. The molecule has 2 heterocycles. The van der Waals surface area contributed by atoms with Gasteiger partial charge in [0.05, 0.1) is 17.5 Å². The molecule has 0 aromatic carbocycles. The van der Waals surface area contributed by atoms with Crippen molar-refractivity contribution < 1.29 is 14.0 Å². The number of nitrogens with zero attached hydrogens (tertiary/aromatic N) is 2. The molecule has 2 aromatic heterocycles. The first-order valence-electron chi connectivity index (χ1n) is 6.33. The lowest BCUT2D eigenvalue weighted by molar-refractivity contribution is -0.114. The van der Waals surface area contributed by atoms with Crippen LogP contribution in [0.2, 0.25) is 0 Å². The molecule has 102 valence electrons. The molecule has 0 radical (unpaired) electrons. The van der Waals surface area contributed by atoms with Crippen molar-refractivity contribution in [2.24, 2.45) is 0 Å². The number of Topliss-reactive ketones (excluding diaryl/α,β-unsaturated/α-hetero) is 1. The van der Waals surface area contributed by atoms with E-state index in [0.29, 0.717) is 24.1 Å². The number of carbonyl (C=O) groups excluding carboxylic acids is 2. The van der Waals surface area contributed by atoms with Gasteiger partial charge in [0, 0.05) is 31.9 Å². The molecule has 3 rings (SSSR count). The van der Waals surface area contributed by atoms with E-state index in [-0.39, 0.29) is 23.6 Å². The van der Waals surface area contributed by atoms with Gasteiger partial charge in [-0.3, -0.25) is 14.9 Å². The van der Waals surface area contributed by atoms with Crippen LogP contribution in [0.15, 0.2) is 29.0 Å². The van der Waals surface area contributed by atoms with Crippen LogP contribution < -0.4 is 5.32 Å². The summed E-state index contributed by atoms with van der Waals surface area (Å²) in [6, 6.07) is 3.66. The lowest BCUT2D eigenvalue weighted by Crippen LogP contribution is -2.21. The molecule has 0 unspecified atom stereocenters. The first-order chi connectivity index (χ1) is 9.63. The maximum Gasteiger partial charge on any atom is 0.229 e. The second-order valence-corrected chi connectivity index (χ2v) is 4.78. The van der Waals surface area contributed by atoms with Gasteiger partial charge < -0.3 is 4.42 Å². The first kappa shape index (κ1) is 12.5. The van der Waals surface area contributed by atoms with E-state index in [4.69, 9.17) is 4.42 Å². The lowest BCUT2D eigenvalue weighted by Gasteiger charge is -2.21. The summed E-state index contributed by atoms with van der Waals surface area (Å²) in [6.07, 6.45) is 4.07. The van der Waals surface area contributed by atoms with Crippen molar-refractivity contribution in [3.8, 4) is 0 Å². The van der Waals surface area contributed by atoms with E-state index in [1.165, 1.54) is 13.1 Å². The molecule has 6 nitrogen and oxygen atoms in total. The fourth-order valence-electron chi connectivity index (χ4n) is 2.39. The van der Waals surface area contributed by atoms with Gasteiger partial charge in [-0.25, -0.2) is 9.97 Å². The third-order valence-corrected chi connectivity index (χ3v) is 3.27. The van der Waals surface area contributed by atoms with Crippen molar-refractivity contribution in [3.63, 3.8) is 0 Å². The molecule has 0 fully saturated rings. The predicted molar refractivity (Wildman–Crippen MR) is 70.4 cm³/mol. The average molecular weight is 271 g/mol. The Labute approximate surface area is 115 Å². The van der Waals surface area contributed by atoms with Gasteiger partial charge in [-0.05, 0) is 12.1 Å². The van der Waals surface area contributed by atoms with E-state index in [1.807, 2.05) is 6.07 Å². The highest BCUT2D eigenvalue weighted by Gasteiger charge is 2.29. The van der Waals surface area contributed by atoms with E-state index in [1.54, 1.807) is 12.3 Å². The summed E-state index contributed by atoms with van der Waals surface area (Å²) in [6.45, 7) is 1.39. The van der Waals surface area contributed by atoms with Crippen LogP contribution in [0.25, 0.3) is 0 Å². The van der Waals surface area contributed by atoms with Crippen molar-refractivity contribution in [2.45, 2.75) is 25.7 Å². The number of nitrogens with one attached hydrogen (secondary N) is 1. The Morgan fingerprint density at radius 1 is 1.45 bits per heavy atom. The van der Waals surface area contributed by atoms with Crippen LogP contribution in [-0.2, 0) is 11.2 Å². The van der Waals surface area contributed by atoms with Crippen molar-refractivity contribution in [1.82, 2.24) is 9.97 Å². The van der Waals surface area contributed by atoms with Gasteiger partial charge in [0.2, 0.25) is 11.9 Å². The Kier molecular flexibility index (Phi) is 3.06. The Morgan fingerprint density at radius 3 is 3.00 bits per heavy atom. The van der Waals surface area contributed by atoms with Gasteiger partial charge in [-0.2, -0.15) is 0 Å². The van der Waals surface area contributed by atoms with Gasteiger partial charge in [0.15, 0.2) is 5.78 Å². The van der Waals surface area contributed by atoms with Gasteiger partial charge in [0.25, 0.3) is 0 Å². The minimum atomic E-state index is -0.241. The Bertz CT molecular complexity index is 664. The summed E-state index contributed by atoms with van der Waals surface area (Å²) < 4.78 is 5.37. The van der Waals surface area contributed by atoms with Crippen molar-refractivity contribution >= 4 is 17.6 Å². The molecule has 1 N–H and O–H groups in total. The van der Waals surface area contributed by atoms with Crippen molar-refractivity contribution in [1.29, 1.82) is 0 Å². The van der Waals surface area contributed by atoms with Crippen molar-refractivity contribution in [2.75, 3.05) is 5.32 Å². The minimum Gasteiger partial charge on any atom is -0.469 e. The first-order valence-corrected chi connectivity index (χ1v) is 6.33. The quantitative estimate of drug-likeness (QED) is 0.902. The molecule has 0 saturated heterocycles. The summed E-state index contributed by atoms with van der Waals surface area (Å²) in [5.74, 6) is 0.759. The molecule has 1 aliphatic carbocycles. The predicted octanol–water partition coefficient (Wildman–Crippen LogP) is 1.94. The Balaban J connectivity index is 1.92. The molecule has 0 spiro atoms. The number of amides is 1. The summed E-state index contributed by atoms with van der Waals surface area (Å²) >= 11 is 0. The zero-order chi connectivity index (χ0) is 14.1. The smallest absolute Gasteiger partial charge is 0.229 e. The highest BCUT2D eigenvalue weighted by atomic mass is 16.3. The monoisotopic (exact) mass is 271 g/mol. The molecule has 0 saturated carbocycles. The molecule has 2 aromatic rings. The van der Waals surface area contributed by atoms with Gasteiger partial charge in [-0.15, -0.1) is 0 Å². The maximum absolute atomic E-state index is 12.1. The molecule has 0 aliphatic heterocycles. The largest absolute Gasteiger partial charge is 0.469 e. The normalized spacial score (nSPS) is 17.6. The minimum absolute atomic E-state index is 0.00188. The Morgan fingerprint density at radius 2 is 2.30 bits per heavy atom. The standard InChI is InChI=1S/C14H13N3O3/c1-8(18)16-14-15-7-10-11(17-14)5-9(6-12(10)19)13-3-2-4-20-13/h2-4,7,9H,5-6H2,1H3,(H,15,16,17,18)/t9-/m0/s1. The molecule has 20 heavy (non-hydrogen) atoms. The fourth-order valence-corrected chi connectivity index (χ4v) is 2.39. The number of hydrogen-bond donors (Lipinski definition) is 1. The highest BCUT2D eigenvalue weighted by molar-refractivity contribution is 5.98. The maximum atomic E-state index is 12.1. The number of ketones is 1. The van der Waals surface area contributed by atoms with Crippen LogP contribution in [0.3, 0.4) is 0 Å². The zero-order valence-corrected chi connectivity index (χ0v) is 10.9. The average Bonchev–Trinajstić information content (AvgIpc) is 2.91. The van der Waals surface area contributed by atoms with Crippen LogP contribution in [0.4, 0.5) is 5.95 Å². The molecule has 6 heteroatoms. The van der Waals surface area contributed by atoms with Crippen LogP contribution in [0.5, 0.6) is 0 Å². The van der Waals surface area contributed by atoms with Crippen LogP contribution in [0.1, 0.15) is 41.1 Å². The number of anilines is 1. The molecular weight excluding hydrogens is 258 g/mol. The Hall–Kier alpha value is -2.50. The highest BCUT2D eigenvalue weighted by Crippen LogP contribution is 2.32. The fraction of sp³-hybridized carbons (Fsp3) is 0.286. The van der Waals surface area contributed by atoms with E-state index >= 15 is 0 Å². The topological polar surface area (TPSA) is 85.1 Å². The second-order valence-electron chi connectivity index (χ2n) is 4.78. The van der Waals surface area contributed by atoms with Crippen LogP contribution in [-0.4, -0.2) is 21.7 Å². The molecule has 1 atom stereocenters. The number of carbonyl (C=O) groups is 2. The number of fused-ring (bicyclic) bond motifs is 1. The zero-order valence-electron chi connectivity index (χ0n) is 10.9. The van der Waals surface area contributed by atoms with Crippen LogP contribution in [0, 0.1) is 0 Å². The third kappa shape index (κ3) is 2.32. The van der Waals surface area contributed by atoms with Crippen LogP contribution >= 0.6 is 0 Å². The van der Waals surface area contributed by atoms with Gasteiger partial charge in [-0.1, -0.05) is 0 Å². The molecule has 1 aliphatic rings. The van der Waals surface area contributed by atoms with Crippen molar-refractivity contribution in [3.05, 3.63) is 41.6 Å². The number of furan rings is 1. The van der Waals surface area contributed by atoms with E-state index in [2.05, 4.69) is 15.3 Å². The molecular formula is C14H13N3O3. The van der Waals surface area contributed by atoms with E-state index in [9.17, 15) is 9.59 Å². The molecule has 1 amide bonds. The number of aromatic nitrogens is 2. The van der Waals surface area contributed by atoms with E-state index < -0.39 is 0 Å². The summed E-state index contributed by atoms with van der Waals surface area (Å²) in [7, 11) is 0. The second kappa shape index (κ2) is 4.88. The van der Waals surface area contributed by atoms with Gasteiger partial charge >= 0.3 is 0 Å². The number of rotatable bonds is 2. The lowest BCUT2D eigenvalue weighted by atomic mass is 9.85. The summed E-state index contributed by atoms with van der Waals surface area (Å²) in [5.41, 5.74) is 1.18. The SMILES string of the molecule is CC(=O)Nc1ncc2c(n1)C[C@H](c1ccco1)CC2=O. The molecule has 0 bridgehead atoms. The van der Waals surface area contributed by atoms with E-state index in [0.717, 1.165) is 5.76 Å². The third-order valence-electron chi connectivity index (χ3n) is 3.27. The summed E-state index contributed by atoms with van der Waals surface area (Å²) in [4.78, 5) is 31.4. The van der Waals surface area contributed by atoms with Gasteiger partial charge in [0.1, 0.15) is 5.76 Å².